The lowest BCUT2D eigenvalue weighted by Gasteiger charge is -2.33. The number of rotatable bonds is 5. The number of aryl methyl sites for hydroxylation is 1. The van der Waals surface area contributed by atoms with Crippen LogP contribution in [0.1, 0.15) is 31.2 Å². The smallest absolute Gasteiger partial charge is 0.225 e. The fraction of sp³-hybridized carbons (Fsp3) is 0.706. The SMILES string of the molecule is CN=C(NCCn1cc(C)cn1)NC1CCN(C(=O)C2CC2)CC1.I. The maximum atomic E-state index is 12.1. The van der Waals surface area contributed by atoms with Crippen molar-refractivity contribution in [1.82, 2.24) is 25.3 Å². The summed E-state index contributed by atoms with van der Waals surface area (Å²) in [6, 6.07) is 0.381. The van der Waals surface area contributed by atoms with Gasteiger partial charge in [0.05, 0.1) is 12.7 Å². The molecule has 1 aliphatic carbocycles. The second-order valence-corrected chi connectivity index (χ2v) is 6.80. The van der Waals surface area contributed by atoms with Gasteiger partial charge in [-0.25, -0.2) is 0 Å². The van der Waals surface area contributed by atoms with Crippen LogP contribution in [0.2, 0.25) is 0 Å². The van der Waals surface area contributed by atoms with Gasteiger partial charge in [-0.05, 0) is 38.2 Å². The van der Waals surface area contributed by atoms with Gasteiger partial charge in [0.1, 0.15) is 0 Å². The number of carbonyl (C=O) groups is 1. The quantitative estimate of drug-likeness (QED) is 0.396. The van der Waals surface area contributed by atoms with Gasteiger partial charge in [-0.15, -0.1) is 24.0 Å². The highest BCUT2D eigenvalue weighted by Crippen LogP contribution is 2.31. The number of likely N-dealkylation sites (tertiary alicyclic amines) is 1. The fourth-order valence-corrected chi connectivity index (χ4v) is 3.10. The molecule has 2 N–H and O–H groups in total. The zero-order valence-electron chi connectivity index (χ0n) is 15.1. The van der Waals surface area contributed by atoms with Crippen LogP contribution in [-0.4, -0.2) is 59.3 Å². The maximum Gasteiger partial charge on any atom is 0.225 e. The number of amides is 1. The number of piperidine rings is 1. The van der Waals surface area contributed by atoms with Crippen molar-refractivity contribution in [3.05, 3.63) is 18.0 Å². The Morgan fingerprint density at radius 1 is 1.32 bits per heavy atom. The normalized spacial score (nSPS) is 18.6. The number of aromatic nitrogens is 2. The van der Waals surface area contributed by atoms with Gasteiger partial charge < -0.3 is 15.5 Å². The number of hydrogen-bond donors (Lipinski definition) is 2. The minimum atomic E-state index is 0. The zero-order chi connectivity index (χ0) is 16.9. The Bertz CT molecular complexity index is 590. The molecule has 0 unspecified atom stereocenters. The monoisotopic (exact) mass is 460 g/mol. The standard InChI is InChI=1S/C17H28N6O.HI/c1-13-11-20-23(12-13)10-7-19-17(18-2)21-15-5-8-22(9-6-15)16(24)14-3-4-14;/h11-12,14-15H,3-10H2,1-2H3,(H2,18,19,21);1H. The van der Waals surface area contributed by atoms with E-state index in [2.05, 4.69) is 20.7 Å². The van der Waals surface area contributed by atoms with E-state index in [4.69, 9.17) is 0 Å². The second-order valence-electron chi connectivity index (χ2n) is 6.80. The highest BCUT2D eigenvalue weighted by Gasteiger charge is 2.34. The predicted molar refractivity (Wildman–Crippen MR) is 109 cm³/mol. The summed E-state index contributed by atoms with van der Waals surface area (Å²) in [5, 5.41) is 11.1. The van der Waals surface area contributed by atoms with Crippen LogP contribution in [-0.2, 0) is 11.3 Å². The van der Waals surface area contributed by atoms with Crippen molar-refractivity contribution in [3.8, 4) is 0 Å². The molecule has 0 spiro atoms. The van der Waals surface area contributed by atoms with Crippen molar-refractivity contribution in [2.75, 3.05) is 26.7 Å². The summed E-state index contributed by atoms with van der Waals surface area (Å²) in [6.07, 6.45) is 8.04. The molecule has 1 aromatic rings. The van der Waals surface area contributed by atoms with Crippen LogP contribution >= 0.6 is 24.0 Å². The van der Waals surface area contributed by atoms with Crippen LogP contribution in [0.4, 0.5) is 0 Å². The minimum absolute atomic E-state index is 0. The zero-order valence-corrected chi connectivity index (χ0v) is 17.4. The Balaban J connectivity index is 0.00000225. The number of hydrogen-bond acceptors (Lipinski definition) is 3. The third-order valence-corrected chi connectivity index (χ3v) is 4.69. The van der Waals surface area contributed by atoms with E-state index in [9.17, 15) is 4.79 Å². The Hall–Kier alpha value is -1.32. The first kappa shape index (κ1) is 20.0. The summed E-state index contributed by atoms with van der Waals surface area (Å²) in [6.45, 7) is 5.34. The molecule has 0 bridgehead atoms. The molecule has 0 atom stereocenters. The topological polar surface area (TPSA) is 74.6 Å². The van der Waals surface area contributed by atoms with Crippen LogP contribution < -0.4 is 10.6 Å². The summed E-state index contributed by atoms with van der Waals surface area (Å²) in [7, 11) is 1.79. The molecular formula is C17H29IN6O. The largest absolute Gasteiger partial charge is 0.355 e. The summed E-state index contributed by atoms with van der Waals surface area (Å²) in [5.74, 6) is 1.52. The lowest BCUT2D eigenvalue weighted by Crippen LogP contribution is -2.50. The Labute approximate surface area is 166 Å². The van der Waals surface area contributed by atoms with Crippen LogP contribution in [0.5, 0.6) is 0 Å². The van der Waals surface area contributed by atoms with E-state index in [1.165, 1.54) is 5.56 Å². The van der Waals surface area contributed by atoms with Crippen LogP contribution in [0.15, 0.2) is 17.4 Å². The summed E-state index contributed by atoms with van der Waals surface area (Å²) in [4.78, 5) is 18.4. The molecule has 1 aromatic heterocycles. The molecular weight excluding hydrogens is 431 g/mol. The molecule has 2 aliphatic rings. The van der Waals surface area contributed by atoms with E-state index in [-0.39, 0.29) is 24.0 Å². The average molecular weight is 460 g/mol. The van der Waals surface area contributed by atoms with Crippen molar-refractivity contribution in [2.45, 2.75) is 45.2 Å². The van der Waals surface area contributed by atoms with Gasteiger partial charge in [0.2, 0.25) is 5.91 Å². The molecule has 25 heavy (non-hydrogen) atoms. The highest BCUT2D eigenvalue weighted by atomic mass is 127. The maximum absolute atomic E-state index is 12.1. The molecule has 7 nitrogen and oxygen atoms in total. The number of nitrogens with one attached hydrogen (secondary N) is 2. The Kier molecular flexibility index (Phi) is 7.52. The van der Waals surface area contributed by atoms with E-state index >= 15 is 0 Å². The van der Waals surface area contributed by atoms with Gasteiger partial charge in [0.15, 0.2) is 5.96 Å². The van der Waals surface area contributed by atoms with Crippen molar-refractivity contribution >= 4 is 35.8 Å². The number of nitrogens with zero attached hydrogens (tertiary/aromatic N) is 4. The fourth-order valence-electron chi connectivity index (χ4n) is 3.10. The average Bonchev–Trinajstić information content (AvgIpc) is 3.36. The Morgan fingerprint density at radius 3 is 2.60 bits per heavy atom. The molecule has 3 rings (SSSR count). The third kappa shape index (κ3) is 5.86. The Morgan fingerprint density at radius 2 is 2.04 bits per heavy atom. The molecule has 0 aromatic carbocycles. The molecule has 8 heteroatoms. The van der Waals surface area contributed by atoms with Crippen molar-refractivity contribution in [3.63, 3.8) is 0 Å². The first-order chi connectivity index (χ1) is 11.7. The summed E-state index contributed by atoms with van der Waals surface area (Å²) < 4.78 is 1.93. The molecule has 2 fully saturated rings. The lowest BCUT2D eigenvalue weighted by atomic mass is 10.0. The van der Waals surface area contributed by atoms with Crippen molar-refractivity contribution in [1.29, 1.82) is 0 Å². The lowest BCUT2D eigenvalue weighted by molar-refractivity contribution is -0.133. The molecule has 1 saturated carbocycles. The summed E-state index contributed by atoms with van der Waals surface area (Å²) >= 11 is 0. The number of carbonyl (C=O) groups excluding carboxylic acids is 1. The number of guanidine groups is 1. The van der Waals surface area contributed by atoms with Gasteiger partial charge in [0, 0.05) is 44.8 Å². The van der Waals surface area contributed by atoms with Crippen molar-refractivity contribution < 1.29 is 4.79 Å². The molecule has 1 aliphatic heterocycles. The highest BCUT2D eigenvalue weighted by molar-refractivity contribution is 14.0. The van der Waals surface area contributed by atoms with Gasteiger partial charge in [-0.1, -0.05) is 0 Å². The van der Waals surface area contributed by atoms with E-state index < -0.39 is 0 Å². The molecule has 1 saturated heterocycles. The molecule has 0 radical (unpaired) electrons. The summed E-state index contributed by atoms with van der Waals surface area (Å²) in [5.41, 5.74) is 1.17. The third-order valence-electron chi connectivity index (χ3n) is 4.69. The van der Waals surface area contributed by atoms with Gasteiger partial charge in [0.25, 0.3) is 0 Å². The minimum Gasteiger partial charge on any atom is -0.355 e. The molecule has 2 heterocycles. The van der Waals surface area contributed by atoms with Crippen molar-refractivity contribution in [2.24, 2.45) is 10.9 Å². The van der Waals surface area contributed by atoms with Crippen LogP contribution in [0, 0.1) is 12.8 Å². The van der Waals surface area contributed by atoms with E-state index in [1.54, 1.807) is 7.05 Å². The van der Waals surface area contributed by atoms with Gasteiger partial charge in [-0.3, -0.25) is 14.5 Å². The van der Waals surface area contributed by atoms with E-state index in [0.29, 0.717) is 17.9 Å². The second kappa shape index (κ2) is 9.40. The van der Waals surface area contributed by atoms with Gasteiger partial charge in [-0.2, -0.15) is 5.10 Å². The molecule has 1 amide bonds. The van der Waals surface area contributed by atoms with Crippen LogP contribution in [0.3, 0.4) is 0 Å². The van der Waals surface area contributed by atoms with E-state index in [0.717, 1.165) is 57.8 Å². The number of aliphatic imine (C=N–C) groups is 1. The van der Waals surface area contributed by atoms with E-state index in [1.807, 2.05) is 28.9 Å². The predicted octanol–water partition coefficient (Wildman–Crippen LogP) is 1.38. The number of halogens is 1. The van der Waals surface area contributed by atoms with Gasteiger partial charge >= 0.3 is 0 Å². The molecule has 140 valence electrons. The first-order valence-corrected chi connectivity index (χ1v) is 8.90. The first-order valence-electron chi connectivity index (χ1n) is 8.90. The van der Waals surface area contributed by atoms with Crippen LogP contribution in [0.25, 0.3) is 0 Å².